The molecule has 31 heavy (non-hydrogen) atoms. The second-order valence-corrected chi connectivity index (χ2v) is 7.87. The van der Waals surface area contributed by atoms with Gasteiger partial charge in [0.2, 0.25) is 0 Å². The summed E-state index contributed by atoms with van der Waals surface area (Å²) in [7, 11) is 0. The van der Waals surface area contributed by atoms with Gasteiger partial charge in [0.05, 0.1) is 12.2 Å². The Kier molecular flexibility index (Phi) is 6.49. The second-order valence-electron chi connectivity index (χ2n) is 7.87. The van der Waals surface area contributed by atoms with E-state index in [0.717, 1.165) is 0 Å². The van der Waals surface area contributed by atoms with Crippen molar-refractivity contribution in [3.63, 3.8) is 0 Å². The molecule has 4 unspecified atom stereocenters. The monoisotopic (exact) mass is 434 g/mol. The van der Waals surface area contributed by atoms with E-state index in [1.54, 1.807) is 26.0 Å². The Bertz CT molecular complexity index is 919. The maximum Gasteiger partial charge on any atom is 0.343 e. The molecule has 9 heteroatoms. The van der Waals surface area contributed by atoms with Crippen molar-refractivity contribution in [1.29, 1.82) is 0 Å². The van der Waals surface area contributed by atoms with Gasteiger partial charge in [-0.05, 0) is 32.4 Å². The highest BCUT2D eigenvalue weighted by Crippen LogP contribution is 2.41. The van der Waals surface area contributed by atoms with Gasteiger partial charge in [-0.1, -0.05) is 12.2 Å². The normalized spacial score (nSPS) is 30.5. The zero-order valence-corrected chi connectivity index (χ0v) is 17.8. The van der Waals surface area contributed by atoms with Crippen molar-refractivity contribution in [3.8, 4) is 0 Å². The molecule has 0 bridgehead atoms. The standard InChI is InChI=1S/C22H26O9/c1-5-11(2)20(25)30-15-6-13(9-23)7-16-19(29-16)22(4,27)8-17-18(15)14(21(26)31-17)10-28-12(3)24/h5,7-8,15-16,19,23,27H,6,9-10H2,1-4H3. The minimum atomic E-state index is -1.51. The molecule has 2 heterocycles. The van der Waals surface area contributed by atoms with Crippen LogP contribution in [0.15, 0.2) is 46.3 Å². The number of ether oxygens (including phenoxy) is 4. The summed E-state index contributed by atoms with van der Waals surface area (Å²) in [5, 5.41) is 20.7. The maximum absolute atomic E-state index is 12.6. The third-order valence-electron chi connectivity index (χ3n) is 5.36. The van der Waals surface area contributed by atoms with E-state index in [-0.39, 0.29) is 36.5 Å². The Morgan fingerprint density at radius 3 is 2.68 bits per heavy atom. The highest BCUT2D eigenvalue weighted by atomic mass is 16.6. The molecule has 2 aliphatic heterocycles. The van der Waals surface area contributed by atoms with E-state index in [0.29, 0.717) is 11.1 Å². The predicted octanol–water partition coefficient (Wildman–Crippen LogP) is 1.01. The predicted molar refractivity (Wildman–Crippen MR) is 106 cm³/mol. The summed E-state index contributed by atoms with van der Waals surface area (Å²) in [6.45, 7) is 5.24. The Hall–Kier alpha value is -2.75. The van der Waals surface area contributed by atoms with Gasteiger partial charge in [0, 0.05) is 24.5 Å². The van der Waals surface area contributed by atoms with Gasteiger partial charge < -0.3 is 29.2 Å². The maximum atomic E-state index is 12.6. The first-order chi connectivity index (χ1) is 14.6. The van der Waals surface area contributed by atoms with Crippen LogP contribution in [0.4, 0.5) is 0 Å². The number of hydrogen-bond acceptors (Lipinski definition) is 9. The van der Waals surface area contributed by atoms with Gasteiger partial charge in [-0.2, -0.15) is 0 Å². The number of aliphatic hydroxyl groups excluding tert-OH is 1. The molecule has 0 aromatic heterocycles. The Labute approximate surface area is 179 Å². The van der Waals surface area contributed by atoms with E-state index in [2.05, 4.69) is 0 Å². The lowest BCUT2D eigenvalue weighted by Gasteiger charge is -2.24. The molecule has 3 rings (SSSR count). The number of carbonyl (C=O) groups excluding carboxylic acids is 3. The lowest BCUT2D eigenvalue weighted by Crippen LogP contribution is -2.32. The van der Waals surface area contributed by atoms with Crippen molar-refractivity contribution in [3.05, 3.63) is 46.3 Å². The third kappa shape index (κ3) is 4.95. The number of fused-ring (bicyclic) bond motifs is 2. The lowest BCUT2D eigenvalue weighted by molar-refractivity contribution is -0.143. The van der Waals surface area contributed by atoms with Crippen LogP contribution in [0, 0.1) is 0 Å². The molecule has 4 atom stereocenters. The first kappa shape index (κ1) is 22.9. The summed E-state index contributed by atoms with van der Waals surface area (Å²) >= 11 is 0. The van der Waals surface area contributed by atoms with E-state index in [9.17, 15) is 24.6 Å². The van der Waals surface area contributed by atoms with Gasteiger partial charge >= 0.3 is 17.9 Å². The molecule has 0 amide bonds. The highest BCUT2D eigenvalue weighted by Gasteiger charge is 2.51. The fourth-order valence-electron chi connectivity index (χ4n) is 3.51. The number of esters is 3. The van der Waals surface area contributed by atoms with Crippen LogP contribution in [-0.4, -0.2) is 65.2 Å². The summed E-state index contributed by atoms with van der Waals surface area (Å²) < 4.78 is 21.6. The van der Waals surface area contributed by atoms with Crippen molar-refractivity contribution >= 4 is 17.9 Å². The largest absolute Gasteiger partial charge is 0.461 e. The first-order valence-electron chi connectivity index (χ1n) is 9.91. The van der Waals surface area contributed by atoms with Gasteiger partial charge in [0.1, 0.15) is 36.3 Å². The minimum absolute atomic E-state index is 0.000639. The van der Waals surface area contributed by atoms with Crippen molar-refractivity contribution < 1.29 is 43.5 Å². The van der Waals surface area contributed by atoms with Crippen molar-refractivity contribution in [2.24, 2.45) is 0 Å². The molecule has 1 saturated heterocycles. The number of allylic oxidation sites excluding steroid dienone is 1. The topological polar surface area (TPSA) is 132 Å². The summed E-state index contributed by atoms with van der Waals surface area (Å²) in [6, 6.07) is 0. The number of rotatable bonds is 5. The summed E-state index contributed by atoms with van der Waals surface area (Å²) in [5.41, 5.74) is -0.479. The molecule has 9 nitrogen and oxygen atoms in total. The molecule has 0 spiro atoms. The second kappa shape index (κ2) is 8.78. The molecular formula is C22H26O9. The van der Waals surface area contributed by atoms with Gasteiger partial charge in [-0.3, -0.25) is 4.79 Å². The minimum Gasteiger partial charge on any atom is -0.461 e. The Morgan fingerprint density at radius 1 is 1.35 bits per heavy atom. The van der Waals surface area contributed by atoms with Crippen LogP contribution in [0.1, 0.15) is 34.1 Å². The number of hydrogen-bond donors (Lipinski definition) is 2. The summed E-state index contributed by atoms with van der Waals surface area (Å²) in [4.78, 5) is 36.4. The van der Waals surface area contributed by atoms with Crippen molar-refractivity contribution in [1.82, 2.24) is 0 Å². The number of aliphatic hydroxyl groups is 2. The van der Waals surface area contributed by atoms with Crippen LogP contribution in [0.2, 0.25) is 0 Å². The molecule has 1 aliphatic carbocycles. The van der Waals surface area contributed by atoms with E-state index in [1.165, 1.54) is 19.9 Å². The zero-order valence-electron chi connectivity index (χ0n) is 17.8. The highest BCUT2D eigenvalue weighted by molar-refractivity contribution is 5.96. The SMILES string of the molecule is CC=C(C)C(=O)OC1CC(CO)=CC2OC2C(C)(O)C=C2OC(=O)C(COC(C)=O)=C21. The summed E-state index contributed by atoms with van der Waals surface area (Å²) in [5.74, 6) is -1.99. The fourth-order valence-corrected chi connectivity index (χ4v) is 3.51. The van der Waals surface area contributed by atoms with Gasteiger partial charge in [-0.25, -0.2) is 9.59 Å². The first-order valence-corrected chi connectivity index (χ1v) is 9.91. The molecule has 0 radical (unpaired) electrons. The molecule has 0 aromatic rings. The van der Waals surface area contributed by atoms with Crippen LogP contribution in [-0.2, 0) is 33.3 Å². The van der Waals surface area contributed by atoms with E-state index in [1.807, 2.05) is 0 Å². The molecule has 168 valence electrons. The van der Waals surface area contributed by atoms with Crippen LogP contribution >= 0.6 is 0 Å². The van der Waals surface area contributed by atoms with Gasteiger partial charge in [0.25, 0.3) is 0 Å². The Balaban J connectivity index is 2.13. The average molecular weight is 434 g/mol. The molecular weight excluding hydrogens is 408 g/mol. The van der Waals surface area contributed by atoms with E-state index >= 15 is 0 Å². The van der Waals surface area contributed by atoms with Gasteiger partial charge in [0.15, 0.2) is 0 Å². The van der Waals surface area contributed by atoms with E-state index in [4.69, 9.17) is 18.9 Å². The Morgan fingerprint density at radius 2 is 2.06 bits per heavy atom. The molecule has 2 N–H and O–H groups in total. The number of epoxide rings is 1. The average Bonchev–Trinajstić information content (AvgIpc) is 3.41. The van der Waals surface area contributed by atoms with Crippen LogP contribution in [0.3, 0.4) is 0 Å². The fraction of sp³-hybridized carbons (Fsp3) is 0.500. The smallest absolute Gasteiger partial charge is 0.343 e. The number of carbonyl (C=O) groups is 3. The quantitative estimate of drug-likeness (QED) is 0.214. The van der Waals surface area contributed by atoms with Crippen molar-refractivity contribution in [2.45, 2.75) is 58.0 Å². The van der Waals surface area contributed by atoms with Crippen molar-refractivity contribution in [2.75, 3.05) is 13.2 Å². The molecule has 0 saturated carbocycles. The molecule has 1 fully saturated rings. The zero-order chi connectivity index (χ0) is 22.9. The van der Waals surface area contributed by atoms with Crippen LogP contribution in [0.25, 0.3) is 0 Å². The van der Waals surface area contributed by atoms with Crippen LogP contribution in [0.5, 0.6) is 0 Å². The van der Waals surface area contributed by atoms with Gasteiger partial charge in [-0.15, -0.1) is 0 Å². The lowest BCUT2D eigenvalue weighted by atomic mass is 9.90. The third-order valence-corrected chi connectivity index (χ3v) is 5.36. The van der Waals surface area contributed by atoms with E-state index < -0.39 is 41.8 Å². The molecule has 3 aliphatic rings. The molecule has 0 aromatic carbocycles. The summed E-state index contributed by atoms with van der Waals surface area (Å²) in [6.07, 6.45) is 2.59. The van der Waals surface area contributed by atoms with Crippen LogP contribution < -0.4 is 0 Å².